The lowest BCUT2D eigenvalue weighted by Crippen LogP contribution is -2.38. The van der Waals surface area contributed by atoms with Crippen LogP contribution >= 0.6 is 0 Å². The molecule has 0 aromatic heterocycles. The molecule has 0 bridgehead atoms. The predicted octanol–water partition coefficient (Wildman–Crippen LogP) is 2.99. The van der Waals surface area contributed by atoms with Gasteiger partial charge in [0.15, 0.2) is 0 Å². The Bertz CT molecular complexity index is 605. The van der Waals surface area contributed by atoms with Crippen molar-refractivity contribution in [1.29, 1.82) is 0 Å². The molecule has 1 saturated carbocycles. The standard InChI is InChI=1S/C16H24N2O3S/c1-3-16(19)17-13-9-11-15(12-10-13)22(20,21)18(2)14-7-5-4-6-8-14/h9-12,14H,3-8H2,1-2H3,(H,17,19). The molecule has 122 valence electrons. The monoisotopic (exact) mass is 324 g/mol. The Morgan fingerprint density at radius 1 is 1.18 bits per heavy atom. The summed E-state index contributed by atoms with van der Waals surface area (Å²) >= 11 is 0. The van der Waals surface area contributed by atoms with E-state index in [1.165, 1.54) is 10.7 Å². The van der Waals surface area contributed by atoms with Gasteiger partial charge in [0, 0.05) is 25.2 Å². The number of hydrogen-bond donors (Lipinski definition) is 1. The highest BCUT2D eigenvalue weighted by Crippen LogP contribution is 2.26. The van der Waals surface area contributed by atoms with E-state index in [4.69, 9.17) is 0 Å². The molecule has 1 amide bonds. The topological polar surface area (TPSA) is 66.5 Å². The first-order chi connectivity index (χ1) is 10.4. The van der Waals surface area contributed by atoms with Crippen LogP contribution in [0.1, 0.15) is 45.4 Å². The molecule has 2 rings (SSSR count). The number of anilines is 1. The van der Waals surface area contributed by atoms with Crippen LogP contribution in [-0.2, 0) is 14.8 Å². The third kappa shape index (κ3) is 3.87. The number of hydrogen-bond acceptors (Lipinski definition) is 3. The molecule has 1 aromatic rings. The van der Waals surface area contributed by atoms with Gasteiger partial charge in [0.25, 0.3) is 0 Å². The fourth-order valence-electron chi connectivity index (χ4n) is 2.77. The van der Waals surface area contributed by atoms with Crippen molar-refractivity contribution in [3.05, 3.63) is 24.3 Å². The summed E-state index contributed by atoms with van der Waals surface area (Å²) in [6.45, 7) is 1.77. The van der Waals surface area contributed by atoms with Gasteiger partial charge < -0.3 is 5.32 Å². The van der Waals surface area contributed by atoms with E-state index in [2.05, 4.69) is 5.32 Å². The Kier molecular flexibility index (Phi) is 5.58. The number of sulfonamides is 1. The molecular weight excluding hydrogens is 300 g/mol. The second-order valence-electron chi connectivity index (χ2n) is 5.74. The number of carbonyl (C=O) groups excluding carboxylic acids is 1. The van der Waals surface area contributed by atoms with Gasteiger partial charge in [-0.3, -0.25) is 4.79 Å². The van der Waals surface area contributed by atoms with Crippen molar-refractivity contribution in [1.82, 2.24) is 4.31 Å². The zero-order valence-electron chi connectivity index (χ0n) is 13.2. The molecule has 1 aliphatic carbocycles. The van der Waals surface area contributed by atoms with E-state index in [-0.39, 0.29) is 16.8 Å². The highest BCUT2D eigenvalue weighted by Gasteiger charge is 2.28. The Labute approximate surface area is 132 Å². The molecule has 6 heteroatoms. The Hall–Kier alpha value is -1.40. The van der Waals surface area contributed by atoms with E-state index in [0.29, 0.717) is 12.1 Å². The van der Waals surface area contributed by atoms with Gasteiger partial charge in [0.05, 0.1) is 4.90 Å². The second-order valence-corrected chi connectivity index (χ2v) is 7.74. The summed E-state index contributed by atoms with van der Waals surface area (Å²) in [7, 11) is -1.80. The summed E-state index contributed by atoms with van der Waals surface area (Å²) < 4.78 is 26.8. The number of carbonyl (C=O) groups is 1. The van der Waals surface area contributed by atoms with E-state index in [9.17, 15) is 13.2 Å². The molecule has 1 fully saturated rings. The summed E-state index contributed by atoms with van der Waals surface area (Å²) in [5.41, 5.74) is 0.617. The molecule has 5 nitrogen and oxygen atoms in total. The summed E-state index contributed by atoms with van der Waals surface area (Å²) in [5.74, 6) is -0.0880. The molecule has 0 heterocycles. The largest absolute Gasteiger partial charge is 0.326 e. The highest BCUT2D eigenvalue weighted by molar-refractivity contribution is 7.89. The maximum absolute atomic E-state index is 12.7. The van der Waals surface area contributed by atoms with Gasteiger partial charge in [-0.2, -0.15) is 4.31 Å². The van der Waals surface area contributed by atoms with Gasteiger partial charge in [0.2, 0.25) is 15.9 Å². The zero-order valence-corrected chi connectivity index (χ0v) is 14.0. The Morgan fingerprint density at radius 3 is 2.32 bits per heavy atom. The predicted molar refractivity (Wildman–Crippen MR) is 87.2 cm³/mol. The van der Waals surface area contributed by atoms with Gasteiger partial charge in [-0.25, -0.2) is 8.42 Å². The third-order valence-electron chi connectivity index (χ3n) is 4.23. The molecule has 0 atom stereocenters. The summed E-state index contributed by atoms with van der Waals surface area (Å²) in [5, 5.41) is 2.72. The SMILES string of the molecule is CCC(=O)Nc1ccc(S(=O)(=O)N(C)C2CCCCC2)cc1. The fraction of sp³-hybridized carbons (Fsp3) is 0.562. The molecule has 1 N–H and O–H groups in total. The maximum Gasteiger partial charge on any atom is 0.243 e. The Balaban J connectivity index is 2.13. The van der Waals surface area contributed by atoms with E-state index in [1.54, 1.807) is 38.2 Å². The van der Waals surface area contributed by atoms with Crippen molar-refractivity contribution >= 4 is 21.6 Å². The first-order valence-corrected chi connectivity index (χ1v) is 9.27. The van der Waals surface area contributed by atoms with Crippen molar-refractivity contribution in [3.63, 3.8) is 0 Å². The summed E-state index contributed by atoms with van der Waals surface area (Å²) in [4.78, 5) is 11.6. The lowest BCUT2D eigenvalue weighted by atomic mass is 9.96. The second kappa shape index (κ2) is 7.24. The normalized spacial score (nSPS) is 16.7. The summed E-state index contributed by atoms with van der Waals surface area (Å²) in [6.07, 6.45) is 5.63. The van der Waals surface area contributed by atoms with Crippen LogP contribution < -0.4 is 5.32 Å². The Morgan fingerprint density at radius 2 is 1.77 bits per heavy atom. The molecule has 0 spiro atoms. The van der Waals surface area contributed by atoms with E-state index in [1.807, 2.05) is 0 Å². The van der Waals surface area contributed by atoms with Crippen LogP contribution in [0.3, 0.4) is 0 Å². The molecular formula is C16H24N2O3S. The first kappa shape index (κ1) is 17.0. The van der Waals surface area contributed by atoms with E-state index in [0.717, 1.165) is 25.7 Å². The van der Waals surface area contributed by atoms with Crippen LogP contribution in [0.25, 0.3) is 0 Å². The fourth-order valence-corrected chi connectivity index (χ4v) is 4.18. The molecule has 1 aromatic carbocycles. The molecule has 0 unspecified atom stereocenters. The number of nitrogens with one attached hydrogen (secondary N) is 1. The van der Waals surface area contributed by atoms with Crippen LogP contribution in [0.2, 0.25) is 0 Å². The van der Waals surface area contributed by atoms with E-state index < -0.39 is 10.0 Å². The molecule has 0 aliphatic heterocycles. The van der Waals surface area contributed by atoms with Crippen LogP contribution in [0.15, 0.2) is 29.2 Å². The van der Waals surface area contributed by atoms with Gasteiger partial charge in [-0.1, -0.05) is 26.2 Å². The third-order valence-corrected chi connectivity index (χ3v) is 6.15. The van der Waals surface area contributed by atoms with Crippen LogP contribution in [-0.4, -0.2) is 31.7 Å². The van der Waals surface area contributed by atoms with Gasteiger partial charge in [-0.15, -0.1) is 0 Å². The number of rotatable bonds is 5. The van der Waals surface area contributed by atoms with Crippen molar-refractivity contribution in [2.45, 2.75) is 56.4 Å². The van der Waals surface area contributed by atoms with Crippen LogP contribution in [0.5, 0.6) is 0 Å². The molecule has 0 saturated heterocycles. The number of benzene rings is 1. The first-order valence-electron chi connectivity index (χ1n) is 7.83. The number of amides is 1. The average Bonchev–Trinajstić information content (AvgIpc) is 2.55. The van der Waals surface area contributed by atoms with E-state index >= 15 is 0 Å². The van der Waals surface area contributed by atoms with Crippen molar-refractivity contribution in [2.24, 2.45) is 0 Å². The minimum Gasteiger partial charge on any atom is -0.326 e. The highest BCUT2D eigenvalue weighted by atomic mass is 32.2. The van der Waals surface area contributed by atoms with Crippen LogP contribution in [0.4, 0.5) is 5.69 Å². The molecule has 0 radical (unpaired) electrons. The average molecular weight is 324 g/mol. The molecule has 22 heavy (non-hydrogen) atoms. The van der Waals surface area contributed by atoms with Gasteiger partial charge >= 0.3 is 0 Å². The maximum atomic E-state index is 12.7. The van der Waals surface area contributed by atoms with Crippen molar-refractivity contribution < 1.29 is 13.2 Å². The lowest BCUT2D eigenvalue weighted by molar-refractivity contribution is -0.115. The number of nitrogens with zero attached hydrogens (tertiary/aromatic N) is 1. The van der Waals surface area contributed by atoms with Gasteiger partial charge in [-0.05, 0) is 37.1 Å². The zero-order chi connectivity index (χ0) is 16.2. The van der Waals surface area contributed by atoms with Crippen molar-refractivity contribution in [2.75, 3.05) is 12.4 Å². The molecule has 1 aliphatic rings. The quantitative estimate of drug-likeness (QED) is 0.905. The van der Waals surface area contributed by atoms with Gasteiger partial charge in [0.1, 0.15) is 0 Å². The lowest BCUT2D eigenvalue weighted by Gasteiger charge is -2.30. The van der Waals surface area contributed by atoms with Crippen molar-refractivity contribution in [3.8, 4) is 0 Å². The van der Waals surface area contributed by atoms with Crippen LogP contribution in [0, 0.1) is 0 Å². The minimum absolute atomic E-state index is 0.0880. The summed E-state index contributed by atoms with van der Waals surface area (Å²) in [6, 6.07) is 6.47. The minimum atomic E-state index is -3.47. The smallest absolute Gasteiger partial charge is 0.243 e.